The fourth-order valence-electron chi connectivity index (χ4n) is 1.92. The maximum absolute atomic E-state index is 6.27. The van der Waals surface area contributed by atoms with Crippen LogP contribution in [0.25, 0.3) is 0 Å². The van der Waals surface area contributed by atoms with Gasteiger partial charge in [-0.05, 0) is 29.4 Å². The number of thioether (sulfide) groups is 1. The molecule has 1 aromatic rings. The fourth-order valence-corrected chi connectivity index (χ4v) is 3.00. The molecule has 0 fully saturated rings. The Balaban J connectivity index is 2.50. The smallest absolute Gasteiger partial charge is 0.0386 e. The molecule has 0 heterocycles. The number of hydrogen-bond acceptors (Lipinski definition) is 2. The molecular formula is C17H29NS. The second-order valence-electron chi connectivity index (χ2n) is 6.23. The quantitative estimate of drug-likeness (QED) is 0.785. The van der Waals surface area contributed by atoms with Crippen LogP contribution in [0.4, 0.5) is 0 Å². The minimum Gasteiger partial charge on any atom is -0.323 e. The van der Waals surface area contributed by atoms with Gasteiger partial charge < -0.3 is 5.73 Å². The maximum Gasteiger partial charge on any atom is 0.0386 e. The molecule has 1 rings (SSSR count). The molecule has 2 unspecified atom stereocenters. The Labute approximate surface area is 123 Å². The van der Waals surface area contributed by atoms with Crippen molar-refractivity contribution < 1.29 is 0 Å². The van der Waals surface area contributed by atoms with Crippen LogP contribution in [0, 0.1) is 11.8 Å². The summed E-state index contributed by atoms with van der Waals surface area (Å²) in [5, 5.41) is 0.672. The molecule has 1 nitrogen and oxygen atoms in total. The van der Waals surface area contributed by atoms with E-state index < -0.39 is 0 Å². The first-order valence-corrected chi connectivity index (χ1v) is 8.41. The van der Waals surface area contributed by atoms with Crippen molar-refractivity contribution in [2.24, 2.45) is 17.6 Å². The predicted octanol–water partition coefficient (Wildman–Crippen LogP) is 4.66. The van der Waals surface area contributed by atoms with E-state index in [0.717, 1.165) is 12.2 Å². The van der Waals surface area contributed by atoms with Gasteiger partial charge in [0.15, 0.2) is 0 Å². The van der Waals surface area contributed by atoms with Crippen LogP contribution >= 0.6 is 11.8 Å². The van der Waals surface area contributed by atoms with Gasteiger partial charge in [-0.15, -0.1) is 0 Å². The molecule has 0 bridgehead atoms. The number of nitrogens with two attached hydrogens (primary N) is 1. The molecule has 0 spiro atoms. The number of rotatable bonds is 7. The van der Waals surface area contributed by atoms with Crippen molar-refractivity contribution in [3.63, 3.8) is 0 Å². The van der Waals surface area contributed by atoms with Crippen molar-refractivity contribution >= 4 is 11.8 Å². The first-order chi connectivity index (χ1) is 8.90. The third kappa shape index (κ3) is 6.01. The Hall–Kier alpha value is -0.470. The lowest BCUT2D eigenvalue weighted by Crippen LogP contribution is -2.16. The van der Waals surface area contributed by atoms with Crippen molar-refractivity contribution in [2.75, 3.05) is 5.75 Å². The molecule has 0 aliphatic heterocycles. The summed E-state index contributed by atoms with van der Waals surface area (Å²) in [5.74, 6) is 2.43. The van der Waals surface area contributed by atoms with E-state index >= 15 is 0 Å². The molecule has 0 aliphatic carbocycles. The summed E-state index contributed by atoms with van der Waals surface area (Å²) in [4.78, 5) is 0. The van der Waals surface area contributed by atoms with E-state index in [-0.39, 0.29) is 6.04 Å². The van der Waals surface area contributed by atoms with Crippen LogP contribution < -0.4 is 5.73 Å². The molecule has 0 saturated carbocycles. The molecule has 0 saturated heterocycles. The second-order valence-corrected chi connectivity index (χ2v) is 7.64. The lowest BCUT2D eigenvalue weighted by Gasteiger charge is -2.18. The van der Waals surface area contributed by atoms with E-state index in [1.54, 1.807) is 0 Å². The third-order valence-corrected chi connectivity index (χ3v) is 5.15. The van der Waals surface area contributed by atoms with Crippen LogP contribution in [0.1, 0.15) is 51.8 Å². The van der Waals surface area contributed by atoms with Crippen molar-refractivity contribution in [1.29, 1.82) is 0 Å². The van der Waals surface area contributed by atoms with Crippen molar-refractivity contribution in [2.45, 2.75) is 52.3 Å². The summed E-state index contributed by atoms with van der Waals surface area (Å²) in [7, 11) is 0. The minimum absolute atomic E-state index is 0.152. The highest BCUT2D eigenvalue weighted by atomic mass is 32.2. The van der Waals surface area contributed by atoms with Crippen LogP contribution in [0.5, 0.6) is 0 Å². The Morgan fingerprint density at radius 2 is 1.58 bits per heavy atom. The van der Waals surface area contributed by atoms with Crippen LogP contribution in [0.3, 0.4) is 0 Å². The molecule has 1 aromatic carbocycles. The monoisotopic (exact) mass is 279 g/mol. The molecule has 2 heteroatoms. The highest BCUT2D eigenvalue weighted by molar-refractivity contribution is 7.99. The van der Waals surface area contributed by atoms with Gasteiger partial charge in [-0.3, -0.25) is 0 Å². The third-order valence-electron chi connectivity index (χ3n) is 3.53. The standard InChI is InChI=1S/C17H29NS/c1-12(2)10-15-6-8-16(9-7-15)17(18)11-19-14(5)13(3)4/h6-9,12-14,17H,10-11,18H2,1-5H3. The van der Waals surface area contributed by atoms with E-state index in [1.807, 2.05) is 11.8 Å². The first kappa shape index (κ1) is 16.6. The van der Waals surface area contributed by atoms with Gasteiger partial charge in [0.2, 0.25) is 0 Å². The summed E-state index contributed by atoms with van der Waals surface area (Å²) in [6, 6.07) is 9.00. The van der Waals surface area contributed by atoms with Crippen molar-refractivity contribution in [1.82, 2.24) is 0 Å². The molecule has 2 atom stereocenters. The molecule has 19 heavy (non-hydrogen) atoms. The van der Waals surface area contributed by atoms with Crippen LogP contribution in [-0.2, 0) is 6.42 Å². The Morgan fingerprint density at radius 3 is 2.05 bits per heavy atom. The molecule has 108 valence electrons. The van der Waals surface area contributed by atoms with E-state index in [4.69, 9.17) is 5.73 Å². The zero-order valence-electron chi connectivity index (χ0n) is 13.0. The minimum atomic E-state index is 0.152. The SMILES string of the molecule is CC(C)Cc1ccc(C(N)CSC(C)C(C)C)cc1. The highest BCUT2D eigenvalue weighted by Crippen LogP contribution is 2.24. The van der Waals surface area contributed by atoms with Gasteiger partial charge in [-0.2, -0.15) is 11.8 Å². The van der Waals surface area contributed by atoms with Crippen LogP contribution in [0.15, 0.2) is 24.3 Å². The van der Waals surface area contributed by atoms with E-state index in [0.29, 0.717) is 17.1 Å². The average molecular weight is 279 g/mol. The van der Waals surface area contributed by atoms with Crippen molar-refractivity contribution in [3.05, 3.63) is 35.4 Å². The van der Waals surface area contributed by atoms with Gasteiger partial charge >= 0.3 is 0 Å². The first-order valence-electron chi connectivity index (χ1n) is 7.36. The lowest BCUT2D eigenvalue weighted by atomic mass is 10.0. The number of hydrogen-bond donors (Lipinski definition) is 1. The van der Waals surface area contributed by atoms with Gasteiger partial charge in [0.25, 0.3) is 0 Å². The molecule has 0 radical (unpaired) electrons. The predicted molar refractivity (Wildman–Crippen MR) is 88.7 cm³/mol. The van der Waals surface area contributed by atoms with Gasteiger partial charge in [0, 0.05) is 17.0 Å². The second kappa shape index (κ2) is 7.96. The largest absolute Gasteiger partial charge is 0.323 e. The Kier molecular flexibility index (Phi) is 6.95. The van der Waals surface area contributed by atoms with E-state index in [1.165, 1.54) is 11.1 Å². The maximum atomic E-state index is 6.27. The molecule has 2 N–H and O–H groups in total. The average Bonchev–Trinajstić information content (AvgIpc) is 2.35. The number of benzene rings is 1. The molecule has 0 aliphatic rings. The zero-order valence-corrected chi connectivity index (χ0v) is 13.8. The van der Waals surface area contributed by atoms with E-state index in [2.05, 4.69) is 58.9 Å². The van der Waals surface area contributed by atoms with Crippen molar-refractivity contribution in [3.8, 4) is 0 Å². The lowest BCUT2D eigenvalue weighted by molar-refractivity contribution is 0.640. The van der Waals surface area contributed by atoms with Gasteiger partial charge in [-0.25, -0.2) is 0 Å². The van der Waals surface area contributed by atoms with Gasteiger partial charge in [0.05, 0.1) is 0 Å². The molecule has 0 amide bonds. The summed E-state index contributed by atoms with van der Waals surface area (Å²) in [6.07, 6.45) is 1.15. The Morgan fingerprint density at radius 1 is 1.00 bits per heavy atom. The van der Waals surface area contributed by atoms with Crippen LogP contribution in [0.2, 0.25) is 0 Å². The summed E-state index contributed by atoms with van der Waals surface area (Å²) < 4.78 is 0. The van der Waals surface area contributed by atoms with Gasteiger partial charge in [0.1, 0.15) is 0 Å². The summed E-state index contributed by atoms with van der Waals surface area (Å²) >= 11 is 1.98. The Bertz CT molecular complexity index is 356. The topological polar surface area (TPSA) is 26.0 Å². The van der Waals surface area contributed by atoms with Gasteiger partial charge in [-0.1, -0.05) is 58.9 Å². The molecular weight excluding hydrogens is 250 g/mol. The normalized spacial score (nSPS) is 14.9. The van der Waals surface area contributed by atoms with E-state index in [9.17, 15) is 0 Å². The highest BCUT2D eigenvalue weighted by Gasteiger charge is 2.12. The zero-order chi connectivity index (χ0) is 14.4. The fraction of sp³-hybridized carbons (Fsp3) is 0.647. The summed E-state index contributed by atoms with van der Waals surface area (Å²) in [5.41, 5.74) is 8.95. The molecule has 0 aromatic heterocycles. The van der Waals surface area contributed by atoms with Crippen LogP contribution in [-0.4, -0.2) is 11.0 Å². The summed E-state index contributed by atoms with van der Waals surface area (Å²) in [6.45, 7) is 11.3.